The Hall–Kier alpha value is -3.61. The van der Waals surface area contributed by atoms with Crippen molar-refractivity contribution in [2.24, 2.45) is 0 Å². The van der Waals surface area contributed by atoms with Crippen LogP contribution in [0.4, 0.5) is 10.5 Å². The molecule has 0 bridgehead atoms. The number of ether oxygens (including phenoxy) is 1. The third-order valence-corrected chi connectivity index (χ3v) is 4.41. The molecule has 1 aliphatic rings. The number of imide groups is 1. The maximum absolute atomic E-state index is 13.2. The zero-order chi connectivity index (χ0) is 18.4. The van der Waals surface area contributed by atoms with Crippen LogP contribution in [-0.4, -0.2) is 29.2 Å². The summed E-state index contributed by atoms with van der Waals surface area (Å²) in [4.78, 5) is 36.5. The number of anilines is 1. The Bertz CT molecular complexity index is 1100. The van der Waals surface area contributed by atoms with Crippen LogP contribution in [0.1, 0.15) is 32.0 Å². The molecule has 4 rings (SSSR count). The molecule has 0 saturated heterocycles. The van der Waals surface area contributed by atoms with Crippen LogP contribution >= 0.6 is 0 Å². The molecule has 3 heterocycles. The van der Waals surface area contributed by atoms with Crippen molar-refractivity contribution >= 4 is 28.9 Å². The van der Waals surface area contributed by atoms with E-state index in [0.29, 0.717) is 28.3 Å². The van der Waals surface area contributed by atoms with E-state index in [-0.39, 0.29) is 11.3 Å². The Kier molecular flexibility index (Phi) is 3.50. The second-order valence-corrected chi connectivity index (χ2v) is 5.90. The number of urea groups is 1. The lowest BCUT2D eigenvalue weighted by Gasteiger charge is -2.15. The first-order chi connectivity index (χ1) is 12.5. The first-order valence-corrected chi connectivity index (χ1v) is 7.90. The van der Waals surface area contributed by atoms with Crippen LogP contribution in [0, 0.1) is 6.92 Å². The highest BCUT2D eigenvalue weighted by Gasteiger charge is 2.27. The molecule has 0 spiro atoms. The number of nitrogens with one attached hydrogen (secondary N) is 1. The molecular weight excluding hydrogens is 334 g/mol. The van der Waals surface area contributed by atoms with Crippen LogP contribution in [0.5, 0.6) is 5.75 Å². The van der Waals surface area contributed by atoms with Crippen molar-refractivity contribution in [1.82, 2.24) is 9.72 Å². The molecule has 2 aromatic heterocycles. The van der Waals surface area contributed by atoms with Crippen molar-refractivity contribution in [2.45, 2.75) is 6.92 Å². The molecule has 1 aromatic carbocycles. The third-order valence-electron chi connectivity index (χ3n) is 4.41. The fourth-order valence-electron chi connectivity index (χ4n) is 3.24. The van der Waals surface area contributed by atoms with Gasteiger partial charge < -0.3 is 14.5 Å². The molecule has 1 N–H and O–H groups in total. The fourth-order valence-corrected chi connectivity index (χ4v) is 3.24. The van der Waals surface area contributed by atoms with Crippen LogP contribution in [0.2, 0.25) is 0 Å². The van der Waals surface area contributed by atoms with Crippen molar-refractivity contribution in [3.8, 4) is 5.75 Å². The quantitative estimate of drug-likeness (QED) is 0.737. The van der Waals surface area contributed by atoms with Crippen molar-refractivity contribution in [3.05, 3.63) is 65.0 Å². The average Bonchev–Trinajstić information content (AvgIpc) is 2.92. The van der Waals surface area contributed by atoms with Gasteiger partial charge in [0.2, 0.25) is 5.78 Å². The Morgan fingerprint density at radius 1 is 1.19 bits per heavy atom. The van der Waals surface area contributed by atoms with Crippen LogP contribution in [0.25, 0.3) is 5.52 Å². The summed E-state index contributed by atoms with van der Waals surface area (Å²) >= 11 is 0. The van der Waals surface area contributed by atoms with Gasteiger partial charge in [-0.2, -0.15) is 5.32 Å². The number of hydrogen-bond acceptors (Lipinski definition) is 4. The van der Waals surface area contributed by atoms with E-state index < -0.39 is 11.9 Å². The zero-order valence-corrected chi connectivity index (χ0v) is 14.1. The molecule has 7 nitrogen and oxygen atoms in total. The Morgan fingerprint density at radius 2 is 2.00 bits per heavy atom. The van der Waals surface area contributed by atoms with Gasteiger partial charge in [0.25, 0.3) is 5.91 Å². The predicted octanol–water partition coefficient (Wildman–Crippen LogP) is 2.78. The largest absolute Gasteiger partial charge is 0.494 e. The summed E-state index contributed by atoms with van der Waals surface area (Å²) < 4.78 is 7.22. The van der Waals surface area contributed by atoms with Gasteiger partial charge in [0.15, 0.2) is 0 Å². The smallest absolute Gasteiger partial charge is 0.348 e. The molecule has 26 heavy (non-hydrogen) atoms. The summed E-state index contributed by atoms with van der Waals surface area (Å²) in [5.41, 5.74) is 2.83. The van der Waals surface area contributed by atoms with Crippen molar-refractivity contribution < 1.29 is 19.1 Å². The summed E-state index contributed by atoms with van der Waals surface area (Å²) in [5.74, 6) is -0.280. The SMILES string of the molecule is COc1c(C)c(C(=O)c2ccc3c(c2)C(=O)[N]C(=O)N3)n2ccccc12. The van der Waals surface area contributed by atoms with E-state index in [9.17, 15) is 14.4 Å². The van der Waals surface area contributed by atoms with Gasteiger partial charge in [-0.15, -0.1) is 0 Å². The molecule has 0 fully saturated rings. The topological polar surface area (TPSA) is 91.0 Å². The predicted molar refractivity (Wildman–Crippen MR) is 94.0 cm³/mol. The number of amides is 3. The van der Waals surface area contributed by atoms with Gasteiger partial charge in [-0.05, 0) is 37.3 Å². The maximum Gasteiger partial charge on any atom is 0.348 e. The number of methoxy groups -OCH3 is 1. The van der Waals surface area contributed by atoms with E-state index in [1.54, 1.807) is 23.8 Å². The minimum absolute atomic E-state index is 0.195. The molecule has 7 heteroatoms. The Balaban J connectivity index is 1.86. The number of carbonyl (C=O) groups is 3. The van der Waals surface area contributed by atoms with Gasteiger partial charge in [-0.25, -0.2) is 4.79 Å². The minimum Gasteiger partial charge on any atom is -0.494 e. The molecule has 0 saturated carbocycles. The zero-order valence-electron chi connectivity index (χ0n) is 14.1. The number of rotatable bonds is 3. The molecule has 0 unspecified atom stereocenters. The number of fused-ring (bicyclic) bond motifs is 2. The molecule has 1 radical (unpaired) electrons. The normalized spacial score (nSPS) is 13.2. The van der Waals surface area contributed by atoms with Crippen LogP contribution < -0.4 is 15.4 Å². The Labute approximate surface area is 148 Å². The molecule has 3 amide bonds. The summed E-state index contributed by atoms with van der Waals surface area (Å²) in [6, 6.07) is 9.43. The van der Waals surface area contributed by atoms with Gasteiger partial charge >= 0.3 is 6.03 Å². The van der Waals surface area contributed by atoms with E-state index in [4.69, 9.17) is 4.74 Å². The lowest BCUT2D eigenvalue weighted by molar-refractivity contribution is 0.0960. The second-order valence-electron chi connectivity index (χ2n) is 5.90. The highest BCUT2D eigenvalue weighted by atomic mass is 16.5. The summed E-state index contributed by atoms with van der Waals surface area (Å²) in [5, 5.41) is 5.84. The van der Waals surface area contributed by atoms with Crippen LogP contribution in [0.3, 0.4) is 0 Å². The number of pyridine rings is 1. The number of hydrogen-bond donors (Lipinski definition) is 1. The van der Waals surface area contributed by atoms with Gasteiger partial charge in [0, 0.05) is 17.3 Å². The number of nitrogens with zero attached hydrogens (tertiary/aromatic N) is 2. The van der Waals surface area contributed by atoms with Crippen LogP contribution in [0.15, 0.2) is 42.6 Å². The number of ketones is 1. The van der Waals surface area contributed by atoms with Gasteiger partial charge in [0.05, 0.1) is 23.9 Å². The summed E-state index contributed by atoms with van der Waals surface area (Å²) in [6.45, 7) is 1.82. The van der Waals surface area contributed by atoms with E-state index in [0.717, 1.165) is 5.52 Å². The van der Waals surface area contributed by atoms with Crippen LogP contribution in [-0.2, 0) is 0 Å². The average molecular weight is 348 g/mol. The third kappa shape index (κ3) is 2.25. The molecule has 0 atom stereocenters. The van der Waals surface area contributed by atoms with E-state index in [1.165, 1.54) is 12.1 Å². The van der Waals surface area contributed by atoms with E-state index >= 15 is 0 Å². The lowest BCUT2D eigenvalue weighted by atomic mass is 10.0. The first-order valence-electron chi connectivity index (χ1n) is 7.90. The van der Waals surface area contributed by atoms with Gasteiger partial charge in [-0.3, -0.25) is 9.59 Å². The molecule has 3 aromatic rings. The van der Waals surface area contributed by atoms with Crippen molar-refractivity contribution in [2.75, 3.05) is 12.4 Å². The Morgan fingerprint density at radius 3 is 2.77 bits per heavy atom. The molecular formula is C19H14N3O4. The number of benzene rings is 1. The number of carbonyl (C=O) groups excluding carboxylic acids is 3. The van der Waals surface area contributed by atoms with Gasteiger partial charge in [0.1, 0.15) is 11.4 Å². The second kappa shape index (κ2) is 5.73. The van der Waals surface area contributed by atoms with Gasteiger partial charge in [-0.1, -0.05) is 6.07 Å². The molecule has 129 valence electrons. The monoisotopic (exact) mass is 348 g/mol. The lowest BCUT2D eigenvalue weighted by Crippen LogP contribution is -2.33. The van der Waals surface area contributed by atoms with Crippen molar-refractivity contribution in [3.63, 3.8) is 0 Å². The fraction of sp³-hybridized carbons (Fsp3) is 0.105. The highest BCUT2D eigenvalue weighted by molar-refractivity contribution is 6.18. The first kappa shape index (κ1) is 15.9. The maximum atomic E-state index is 13.2. The molecule has 0 aliphatic carbocycles. The minimum atomic E-state index is -0.709. The summed E-state index contributed by atoms with van der Waals surface area (Å²) in [7, 11) is 1.56. The summed E-state index contributed by atoms with van der Waals surface area (Å²) in [6.07, 6.45) is 1.79. The van der Waals surface area contributed by atoms with Crippen molar-refractivity contribution in [1.29, 1.82) is 0 Å². The number of aromatic nitrogens is 1. The van der Waals surface area contributed by atoms with E-state index in [1.807, 2.05) is 25.1 Å². The van der Waals surface area contributed by atoms with E-state index in [2.05, 4.69) is 10.6 Å². The standard InChI is InChI=1S/C19H14N3O4/c1-10-15(22-8-4-3-5-14(22)17(10)26-2)16(23)11-6-7-13-12(9-11)18(24)21-19(25)20-13/h3-9H,1-2H3,(H,20,25). The molecule has 1 aliphatic heterocycles. The highest BCUT2D eigenvalue weighted by Crippen LogP contribution is 2.32.